The lowest BCUT2D eigenvalue weighted by atomic mass is 10.6. The van der Waals surface area contributed by atoms with Crippen LogP contribution in [-0.2, 0) is 0 Å². The minimum absolute atomic E-state index is 0.461. The van der Waals surface area contributed by atoms with Crippen molar-refractivity contribution in [2.75, 3.05) is 13.1 Å². The summed E-state index contributed by atoms with van der Waals surface area (Å²) in [6, 6.07) is 0. The second-order valence-corrected chi connectivity index (χ2v) is 2.87. The van der Waals surface area contributed by atoms with E-state index in [2.05, 4.69) is 32.8 Å². The Kier molecular flexibility index (Phi) is 5.02. The molecule has 3 N–H and O–H groups in total. The Morgan fingerprint density at radius 3 is 2.80 bits per heavy atom. The van der Waals surface area contributed by atoms with E-state index in [1.807, 2.05) is 6.92 Å². The summed E-state index contributed by atoms with van der Waals surface area (Å²) in [6.07, 6.45) is 0. The Balaban J connectivity index is 3.57. The van der Waals surface area contributed by atoms with Gasteiger partial charge in [0.1, 0.15) is 0 Å². The van der Waals surface area contributed by atoms with Crippen LogP contribution in [0, 0.1) is 0 Å². The zero-order chi connectivity index (χ0) is 7.98. The first kappa shape index (κ1) is 9.49. The van der Waals surface area contributed by atoms with Gasteiger partial charge in [-0.25, -0.2) is 4.99 Å². The monoisotopic (exact) mass is 205 g/mol. The molecule has 0 spiro atoms. The Hall–Kier alpha value is -0.510. The Morgan fingerprint density at radius 2 is 2.40 bits per heavy atom. The standard InChI is InChI=1S/C6H12BrN3/c1-3-9-6(8)10-4-5(2)7/h2-4H2,1H3,(H3,8,9,10). The minimum Gasteiger partial charge on any atom is -0.370 e. The molecule has 0 rings (SSSR count). The van der Waals surface area contributed by atoms with Crippen LogP contribution >= 0.6 is 15.9 Å². The quantitative estimate of drug-likeness (QED) is 0.530. The van der Waals surface area contributed by atoms with E-state index in [-0.39, 0.29) is 0 Å². The first-order chi connectivity index (χ1) is 4.66. The summed E-state index contributed by atoms with van der Waals surface area (Å²) in [6.45, 7) is 6.90. The summed E-state index contributed by atoms with van der Waals surface area (Å²) in [5, 5.41) is 2.87. The number of halogens is 1. The molecular weight excluding hydrogens is 194 g/mol. The van der Waals surface area contributed by atoms with E-state index >= 15 is 0 Å². The number of nitrogens with one attached hydrogen (secondary N) is 1. The van der Waals surface area contributed by atoms with Crippen molar-refractivity contribution < 1.29 is 0 Å². The highest BCUT2D eigenvalue weighted by Gasteiger charge is 1.86. The molecule has 3 nitrogen and oxygen atoms in total. The molecule has 0 radical (unpaired) electrons. The highest BCUT2D eigenvalue weighted by Crippen LogP contribution is 1.98. The fourth-order valence-electron chi connectivity index (χ4n) is 0.408. The lowest BCUT2D eigenvalue weighted by Gasteiger charge is -1.99. The van der Waals surface area contributed by atoms with Gasteiger partial charge in [0.2, 0.25) is 0 Å². The van der Waals surface area contributed by atoms with Crippen LogP contribution in [0.15, 0.2) is 16.1 Å². The van der Waals surface area contributed by atoms with Crippen LogP contribution in [-0.4, -0.2) is 19.0 Å². The van der Waals surface area contributed by atoms with Crippen molar-refractivity contribution in [1.82, 2.24) is 5.32 Å². The second kappa shape index (κ2) is 5.29. The largest absolute Gasteiger partial charge is 0.370 e. The fourth-order valence-corrected chi connectivity index (χ4v) is 0.533. The molecule has 0 saturated heterocycles. The van der Waals surface area contributed by atoms with Crippen LogP contribution in [0.25, 0.3) is 0 Å². The lowest BCUT2D eigenvalue weighted by Crippen LogP contribution is -2.31. The van der Waals surface area contributed by atoms with Crippen molar-refractivity contribution in [2.45, 2.75) is 6.92 Å². The second-order valence-electron chi connectivity index (χ2n) is 1.75. The third-order valence-corrected chi connectivity index (χ3v) is 1.03. The number of hydrogen-bond donors (Lipinski definition) is 2. The van der Waals surface area contributed by atoms with Gasteiger partial charge in [0.25, 0.3) is 0 Å². The van der Waals surface area contributed by atoms with Crippen molar-refractivity contribution in [2.24, 2.45) is 10.7 Å². The highest BCUT2D eigenvalue weighted by molar-refractivity contribution is 9.11. The summed E-state index contributed by atoms with van der Waals surface area (Å²) in [4.78, 5) is 3.95. The number of guanidine groups is 1. The van der Waals surface area contributed by atoms with Crippen LogP contribution in [0.1, 0.15) is 6.92 Å². The molecule has 0 atom stereocenters. The molecule has 0 bridgehead atoms. The molecule has 4 heteroatoms. The average molecular weight is 206 g/mol. The van der Waals surface area contributed by atoms with E-state index in [1.165, 1.54) is 0 Å². The fraction of sp³-hybridized carbons (Fsp3) is 0.500. The molecule has 0 aliphatic rings. The lowest BCUT2D eigenvalue weighted by molar-refractivity contribution is 0.942. The molecule has 0 aromatic rings. The van der Waals surface area contributed by atoms with Crippen LogP contribution in [0.4, 0.5) is 0 Å². The Bertz CT molecular complexity index is 142. The van der Waals surface area contributed by atoms with E-state index in [1.54, 1.807) is 0 Å². The molecule has 10 heavy (non-hydrogen) atoms. The maximum absolute atomic E-state index is 5.41. The van der Waals surface area contributed by atoms with E-state index in [9.17, 15) is 0 Å². The third-order valence-electron chi connectivity index (χ3n) is 0.779. The zero-order valence-corrected chi connectivity index (χ0v) is 7.61. The number of nitrogens with two attached hydrogens (primary N) is 1. The van der Waals surface area contributed by atoms with Gasteiger partial charge in [-0.3, -0.25) is 0 Å². The van der Waals surface area contributed by atoms with Gasteiger partial charge < -0.3 is 11.1 Å². The molecule has 0 aromatic carbocycles. The summed E-state index contributed by atoms with van der Waals surface area (Å²) in [7, 11) is 0. The van der Waals surface area contributed by atoms with E-state index in [0.717, 1.165) is 11.0 Å². The molecular formula is C6H12BrN3. The van der Waals surface area contributed by atoms with Gasteiger partial charge in [-0.05, 0) is 6.92 Å². The van der Waals surface area contributed by atoms with Gasteiger partial charge in [0, 0.05) is 11.0 Å². The molecule has 0 aliphatic heterocycles. The molecule has 0 amide bonds. The number of nitrogens with zero attached hydrogens (tertiary/aromatic N) is 1. The van der Waals surface area contributed by atoms with Gasteiger partial charge in [0.05, 0.1) is 6.54 Å². The number of hydrogen-bond acceptors (Lipinski definition) is 1. The highest BCUT2D eigenvalue weighted by atomic mass is 79.9. The molecule has 0 fully saturated rings. The normalized spacial score (nSPS) is 11.2. The van der Waals surface area contributed by atoms with Crippen LogP contribution in [0.5, 0.6) is 0 Å². The van der Waals surface area contributed by atoms with Crippen LogP contribution < -0.4 is 11.1 Å². The Morgan fingerprint density at radius 1 is 1.80 bits per heavy atom. The zero-order valence-electron chi connectivity index (χ0n) is 6.02. The summed E-state index contributed by atoms with van der Waals surface area (Å²) < 4.78 is 0.827. The summed E-state index contributed by atoms with van der Waals surface area (Å²) in [5.74, 6) is 0.461. The van der Waals surface area contributed by atoms with Gasteiger partial charge in [-0.1, -0.05) is 22.5 Å². The van der Waals surface area contributed by atoms with Gasteiger partial charge in [-0.15, -0.1) is 0 Å². The van der Waals surface area contributed by atoms with E-state index in [0.29, 0.717) is 12.5 Å². The van der Waals surface area contributed by atoms with Crippen LogP contribution in [0.2, 0.25) is 0 Å². The van der Waals surface area contributed by atoms with Crippen molar-refractivity contribution in [3.8, 4) is 0 Å². The van der Waals surface area contributed by atoms with Crippen molar-refractivity contribution in [3.05, 3.63) is 11.1 Å². The SMILES string of the molecule is C=C(Br)CN=C(N)NCC. The Labute approximate surface area is 69.5 Å². The summed E-state index contributed by atoms with van der Waals surface area (Å²) in [5.41, 5.74) is 5.41. The number of aliphatic imine (C=N–C) groups is 1. The first-order valence-electron chi connectivity index (χ1n) is 3.04. The maximum Gasteiger partial charge on any atom is 0.188 e. The van der Waals surface area contributed by atoms with Crippen molar-refractivity contribution in [3.63, 3.8) is 0 Å². The molecule has 0 heterocycles. The molecule has 0 aromatic heterocycles. The predicted octanol–water partition coefficient (Wildman–Crippen LogP) is 0.819. The van der Waals surface area contributed by atoms with Gasteiger partial charge in [-0.2, -0.15) is 0 Å². The number of rotatable bonds is 3. The van der Waals surface area contributed by atoms with Crippen molar-refractivity contribution >= 4 is 21.9 Å². The van der Waals surface area contributed by atoms with E-state index < -0.39 is 0 Å². The van der Waals surface area contributed by atoms with E-state index in [4.69, 9.17) is 5.73 Å². The summed E-state index contributed by atoms with van der Waals surface area (Å²) >= 11 is 3.17. The maximum atomic E-state index is 5.41. The molecule has 0 saturated carbocycles. The topological polar surface area (TPSA) is 50.4 Å². The smallest absolute Gasteiger partial charge is 0.188 e. The molecule has 58 valence electrons. The molecule has 0 aliphatic carbocycles. The first-order valence-corrected chi connectivity index (χ1v) is 3.83. The third kappa shape index (κ3) is 5.62. The van der Waals surface area contributed by atoms with Gasteiger partial charge >= 0.3 is 0 Å². The van der Waals surface area contributed by atoms with Crippen molar-refractivity contribution in [1.29, 1.82) is 0 Å². The predicted molar refractivity (Wildman–Crippen MR) is 48.2 cm³/mol. The average Bonchev–Trinajstić information content (AvgIpc) is 1.85. The molecule has 0 unspecified atom stereocenters. The van der Waals surface area contributed by atoms with Gasteiger partial charge in [0.15, 0.2) is 5.96 Å². The van der Waals surface area contributed by atoms with Crippen LogP contribution in [0.3, 0.4) is 0 Å². The minimum atomic E-state index is 0.461.